The van der Waals surface area contributed by atoms with Gasteiger partial charge >= 0.3 is 0 Å². The van der Waals surface area contributed by atoms with E-state index in [0.717, 1.165) is 11.1 Å². The summed E-state index contributed by atoms with van der Waals surface area (Å²) in [5.41, 5.74) is 2.66. The van der Waals surface area contributed by atoms with Crippen molar-refractivity contribution in [2.45, 2.75) is 33.6 Å². The molecule has 2 aromatic carbocycles. The van der Waals surface area contributed by atoms with E-state index in [-0.39, 0.29) is 29.6 Å². The SMILES string of the molecule is CC(C)(C)C(=O)c1oc2nc(-c3ccc(Cl)cc3Cl)c(-c3ccccc3)cc2c1NC(=O)CCCCl. The fourth-order valence-corrected chi connectivity index (χ4v) is 4.43. The molecule has 0 saturated carbocycles. The number of nitrogens with one attached hydrogen (secondary N) is 1. The van der Waals surface area contributed by atoms with Crippen molar-refractivity contribution in [1.29, 1.82) is 0 Å². The summed E-state index contributed by atoms with van der Waals surface area (Å²) in [5, 5.41) is 4.34. The highest BCUT2D eigenvalue weighted by atomic mass is 35.5. The number of pyridine rings is 1. The maximum absolute atomic E-state index is 13.3. The molecule has 2 heterocycles. The molecule has 0 unspecified atom stereocenters. The van der Waals surface area contributed by atoms with Crippen LogP contribution in [0.25, 0.3) is 33.5 Å². The number of Topliss-reactive ketones (excluding diaryl/α,β-unsaturated/α-hetero) is 1. The highest BCUT2D eigenvalue weighted by molar-refractivity contribution is 6.36. The van der Waals surface area contributed by atoms with Crippen LogP contribution in [0.2, 0.25) is 10.0 Å². The Morgan fingerprint density at radius 3 is 2.36 bits per heavy atom. The van der Waals surface area contributed by atoms with Crippen molar-refractivity contribution in [2.24, 2.45) is 5.41 Å². The molecule has 0 radical (unpaired) electrons. The van der Waals surface area contributed by atoms with Gasteiger partial charge in [-0.05, 0) is 36.2 Å². The number of fused-ring (bicyclic) bond motifs is 1. The molecule has 0 saturated heterocycles. The van der Waals surface area contributed by atoms with Gasteiger partial charge in [0.25, 0.3) is 0 Å². The van der Waals surface area contributed by atoms with Gasteiger partial charge in [-0.25, -0.2) is 4.98 Å². The predicted molar refractivity (Wildman–Crippen MR) is 147 cm³/mol. The maximum atomic E-state index is 13.3. The van der Waals surface area contributed by atoms with Gasteiger partial charge < -0.3 is 9.73 Å². The highest BCUT2D eigenvalue weighted by Crippen LogP contribution is 2.42. The molecule has 0 aliphatic carbocycles. The van der Waals surface area contributed by atoms with Crippen molar-refractivity contribution >= 4 is 63.3 Å². The molecular weight excluding hydrogens is 519 g/mol. The van der Waals surface area contributed by atoms with E-state index in [1.807, 2.05) is 36.4 Å². The Bertz CT molecular complexity index is 1440. The normalized spacial score (nSPS) is 11.6. The predicted octanol–water partition coefficient (Wildman–Crippen LogP) is 8.65. The number of furan rings is 1. The number of hydrogen-bond donors (Lipinski definition) is 1. The Kier molecular flexibility index (Phi) is 7.74. The summed E-state index contributed by atoms with van der Waals surface area (Å²) < 4.78 is 6.04. The van der Waals surface area contributed by atoms with E-state index in [1.54, 1.807) is 39.0 Å². The second-order valence-corrected chi connectivity index (χ2v) is 10.7. The van der Waals surface area contributed by atoms with Crippen molar-refractivity contribution in [1.82, 2.24) is 4.98 Å². The number of hydrogen-bond acceptors (Lipinski definition) is 4. The van der Waals surface area contributed by atoms with Crippen molar-refractivity contribution in [3.63, 3.8) is 0 Å². The molecule has 0 aliphatic rings. The molecule has 1 amide bonds. The molecule has 0 spiro atoms. The lowest BCUT2D eigenvalue weighted by atomic mass is 9.88. The van der Waals surface area contributed by atoms with Gasteiger partial charge in [0.15, 0.2) is 5.76 Å². The van der Waals surface area contributed by atoms with Crippen molar-refractivity contribution in [3.05, 3.63) is 70.4 Å². The molecule has 0 fully saturated rings. The third-order valence-electron chi connectivity index (χ3n) is 5.64. The lowest BCUT2D eigenvalue weighted by molar-refractivity contribution is -0.116. The molecule has 0 aliphatic heterocycles. The number of alkyl halides is 1. The second kappa shape index (κ2) is 10.6. The van der Waals surface area contributed by atoms with Gasteiger partial charge in [-0.15, -0.1) is 11.6 Å². The van der Waals surface area contributed by atoms with E-state index < -0.39 is 5.41 Å². The van der Waals surface area contributed by atoms with Gasteiger partial charge in [0, 0.05) is 33.9 Å². The van der Waals surface area contributed by atoms with Crippen LogP contribution in [0.5, 0.6) is 0 Å². The number of carbonyl (C=O) groups excluding carboxylic acids is 2. The number of carbonyl (C=O) groups is 2. The Balaban J connectivity index is 2.01. The number of rotatable bonds is 7. The van der Waals surface area contributed by atoms with Crippen LogP contribution < -0.4 is 5.32 Å². The minimum absolute atomic E-state index is 0.0580. The first-order chi connectivity index (χ1) is 17.1. The number of benzene rings is 2. The molecule has 4 rings (SSSR count). The Morgan fingerprint density at radius 2 is 1.72 bits per heavy atom. The highest BCUT2D eigenvalue weighted by Gasteiger charge is 2.32. The molecule has 5 nitrogen and oxygen atoms in total. The third-order valence-corrected chi connectivity index (χ3v) is 6.46. The number of amides is 1. The summed E-state index contributed by atoms with van der Waals surface area (Å²) in [6, 6.07) is 16.7. The second-order valence-electron chi connectivity index (χ2n) is 9.45. The lowest BCUT2D eigenvalue weighted by Crippen LogP contribution is -2.22. The van der Waals surface area contributed by atoms with Crippen molar-refractivity contribution < 1.29 is 14.0 Å². The Morgan fingerprint density at radius 1 is 1.00 bits per heavy atom. The van der Waals surface area contributed by atoms with Gasteiger partial charge in [0.05, 0.1) is 16.1 Å². The molecule has 2 aromatic heterocycles. The first-order valence-electron chi connectivity index (χ1n) is 11.5. The van der Waals surface area contributed by atoms with E-state index in [2.05, 4.69) is 5.32 Å². The quantitative estimate of drug-likeness (QED) is 0.187. The van der Waals surface area contributed by atoms with E-state index in [4.69, 9.17) is 44.2 Å². The molecule has 0 atom stereocenters. The number of halogens is 3. The Labute approximate surface area is 224 Å². The molecule has 4 aromatic rings. The molecule has 1 N–H and O–H groups in total. The molecule has 8 heteroatoms. The van der Waals surface area contributed by atoms with Gasteiger partial charge in [0.2, 0.25) is 17.4 Å². The minimum atomic E-state index is -0.742. The van der Waals surface area contributed by atoms with Crippen LogP contribution >= 0.6 is 34.8 Å². The zero-order valence-corrected chi connectivity index (χ0v) is 22.4. The fraction of sp³-hybridized carbons (Fsp3) is 0.250. The smallest absolute Gasteiger partial charge is 0.229 e. The third kappa shape index (κ3) is 5.44. The van der Waals surface area contributed by atoms with Crippen LogP contribution in [0, 0.1) is 5.41 Å². The summed E-state index contributed by atoms with van der Waals surface area (Å²) in [4.78, 5) is 30.8. The fourth-order valence-electron chi connectivity index (χ4n) is 3.80. The molecule has 186 valence electrons. The minimum Gasteiger partial charge on any atom is -0.432 e. The summed E-state index contributed by atoms with van der Waals surface area (Å²) in [7, 11) is 0. The van der Waals surface area contributed by atoms with Gasteiger partial charge in [-0.3, -0.25) is 9.59 Å². The van der Waals surface area contributed by atoms with Crippen LogP contribution in [-0.2, 0) is 4.79 Å². The zero-order valence-electron chi connectivity index (χ0n) is 20.1. The van der Waals surface area contributed by atoms with Crippen LogP contribution in [0.4, 0.5) is 5.69 Å². The zero-order chi connectivity index (χ0) is 26.0. The summed E-state index contributed by atoms with van der Waals surface area (Å²) in [5.74, 6) is -0.0893. The first-order valence-corrected chi connectivity index (χ1v) is 12.8. The molecule has 36 heavy (non-hydrogen) atoms. The Hall–Kier alpha value is -2.86. The lowest BCUT2D eigenvalue weighted by Gasteiger charge is -2.15. The van der Waals surface area contributed by atoms with Crippen molar-refractivity contribution in [2.75, 3.05) is 11.2 Å². The van der Waals surface area contributed by atoms with E-state index in [1.165, 1.54) is 0 Å². The summed E-state index contributed by atoms with van der Waals surface area (Å²) >= 11 is 18.5. The van der Waals surface area contributed by atoms with Crippen molar-refractivity contribution in [3.8, 4) is 22.4 Å². The number of anilines is 1. The van der Waals surface area contributed by atoms with E-state index >= 15 is 0 Å². The first kappa shape index (κ1) is 26.2. The van der Waals surface area contributed by atoms with Gasteiger partial charge in [-0.1, -0.05) is 74.3 Å². The number of aromatic nitrogens is 1. The average molecular weight is 544 g/mol. The maximum Gasteiger partial charge on any atom is 0.229 e. The summed E-state index contributed by atoms with van der Waals surface area (Å²) in [6.45, 7) is 5.38. The number of ketones is 1. The monoisotopic (exact) mass is 542 g/mol. The summed E-state index contributed by atoms with van der Waals surface area (Å²) in [6.07, 6.45) is 0.731. The van der Waals surface area contributed by atoms with Crippen LogP contribution in [0.15, 0.2) is 59.0 Å². The van der Waals surface area contributed by atoms with Gasteiger partial charge in [0.1, 0.15) is 5.69 Å². The molecular formula is C28H25Cl3N2O3. The van der Waals surface area contributed by atoms with Crippen LogP contribution in [0.3, 0.4) is 0 Å². The number of nitrogens with zero attached hydrogens (tertiary/aromatic N) is 1. The van der Waals surface area contributed by atoms with E-state index in [9.17, 15) is 9.59 Å². The largest absolute Gasteiger partial charge is 0.432 e. The average Bonchev–Trinajstić information content (AvgIpc) is 3.18. The van der Waals surface area contributed by atoms with Gasteiger partial charge in [-0.2, -0.15) is 0 Å². The van der Waals surface area contributed by atoms with Crippen LogP contribution in [-0.4, -0.2) is 22.6 Å². The van der Waals surface area contributed by atoms with Crippen LogP contribution in [0.1, 0.15) is 44.2 Å². The van der Waals surface area contributed by atoms with E-state index in [0.29, 0.717) is 44.7 Å². The molecule has 0 bridgehead atoms. The topological polar surface area (TPSA) is 72.2 Å². The standard InChI is InChI=1S/C28H25Cl3N2O3/c1-28(2,3)26(35)25-24(32-22(34)10-7-13-29)20-15-19(16-8-5-4-6-9-16)23(33-27(20)36-25)18-12-11-17(30)14-21(18)31/h4-6,8-9,11-12,14-15H,7,10,13H2,1-3H3,(H,32,34).